The predicted octanol–water partition coefficient (Wildman–Crippen LogP) is 0.420. The third kappa shape index (κ3) is 0.856. The number of hydrogen-bond donors (Lipinski definition) is 0. The summed E-state index contributed by atoms with van der Waals surface area (Å²) in [5, 5.41) is 0. The highest BCUT2D eigenvalue weighted by molar-refractivity contribution is 6.06. The maximum atomic E-state index is 10.3. The highest BCUT2D eigenvalue weighted by atomic mass is 16.1. The summed E-state index contributed by atoms with van der Waals surface area (Å²) in [6.45, 7) is 2.30. The number of rotatable bonds is 0. The van der Waals surface area contributed by atoms with Gasteiger partial charge in [-0.25, -0.2) is 0 Å². The van der Waals surface area contributed by atoms with E-state index in [0.29, 0.717) is 13.0 Å². The minimum absolute atomic E-state index is 0.248. The standard InChI is InChI=1S/C5H7NO/c1-4-2-5(7)3-6-4/h2-3H2,1H3. The van der Waals surface area contributed by atoms with Crippen molar-refractivity contribution in [2.75, 3.05) is 6.54 Å². The maximum Gasteiger partial charge on any atom is 0.159 e. The molecule has 1 rings (SSSR count). The van der Waals surface area contributed by atoms with E-state index in [1.165, 1.54) is 0 Å². The molecule has 0 bridgehead atoms. The van der Waals surface area contributed by atoms with Crippen molar-refractivity contribution >= 4 is 11.5 Å². The van der Waals surface area contributed by atoms with Crippen LogP contribution in [0.5, 0.6) is 0 Å². The number of carbonyl (C=O) groups is 1. The zero-order valence-corrected chi connectivity index (χ0v) is 4.27. The van der Waals surface area contributed by atoms with Crippen LogP contribution in [0.3, 0.4) is 0 Å². The summed E-state index contributed by atoms with van der Waals surface area (Å²) >= 11 is 0. The second-order valence-corrected chi connectivity index (χ2v) is 1.77. The van der Waals surface area contributed by atoms with Crippen LogP contribution in [-0.4, -0.2) is 18.0 Å². The van der Waals surface area contributed by atoms with Crippen molar-refractivity contribution in [3.63, 3.8) is 0 Å². The molecule has 0 saturated heterocycles. The van der Waals surface area contributed by atoms with Gasteiger partial charge in [0, 0.05) is 12.1 Å². The van der Waals surface area contributed by atoms with Gasteiger partial charge in [0.05, 0.1) is 6.54 Å². The first kappa shape index (κ1) is 4.50. The van der Waals surface area contributed by atoms with Crippen LogP contribution in [0.2, 0.25) is 0 Å². The van der Waals surface area contributed by atoms with Gasteiger partial charge in [-0.05, 0) is 6.92 Å². The molecule has 1 aliphatic heterocycles. The smallest absolute Gasteiger partial charge is 0.159 e. The number of hydrogen-bond acceptors (Lipinski definition) is 2. The van der Waals surface area contributed by atoms with Crippen LogP contribution in [0.1, 0.15) is 13.3 Å². The third-order valence-corrected chi connectivity index (χ3v) is 0.978. The van der Waals surface area contributed by atoms with Crippen LogP contribution in [0.25, 0.3) is 0 Å². The van der Waals surface area contributed by atoms with Crippen LogP contribution < -0.4 is 0 Å². The molecule has 0 atom stereocenters. The summed E-state index contributed by atoms with van der Waals surface area (Å²) in [6.07, 6.45) is 0.583. The second-order valence-electron chi connectivity index (χ2n) is 1.77. The molecule has 38 valence electrons. The van der Waals surface area contributed by atoms with Gasteiger partial charge >= 0.3 is 0 Å². The van der Waals surface area contributed by atoms with Crippen molar-refractivity contribution in [2.24, 2.45) is 4.99 Å². The van der Waals surface area contributed by atoms with E-state index >= 15 is 0 Å². The van der Waals surface area contributed by atoms with Gasteiger partial charge in [-0.3, -0.25) is 9.79 Å². The first-order chi connectivity index (χ1) is 3.29. The predicted molar refractivity (Wildman–Crippen MR) is 27.6 cm³/mol. The van der Waals surface area contributed by atoms with Crippen LogP contribution in [0.15, 0.2) is 4.99 Å². The van der Waals surface area contributed by atoms with Crippen LogP contribution >= 0.6 is 0 Å². The molecule has 1 aliphatic rings. The van der Waals surface area contributed by atoms with Crippen molar-refractivity contribution < 1.29 is 4.79 Å². The maximum absolute atomic E-state index is 10.3. The lowest BCUT2D eigenvalue weighted by atomic mass is 10.3. The van der Waals surface area contributed by atoms with E-state index in [2.05, 4.69) is 4.99 Å². The molecule has 0 fully saturated rings. The summed E-state index contributed by atoms with van der Waals surface area (Å²) in [5.41, 5.74) is 0.977. The molecule has 0 aliphatic carbocycles. The van der Waals surface area contributed by atoms with Gasteiger partial charge in [0.2, 0.25) is 0 Å². The Hall–Kier alpha value is -0.660. The Kier molecular flexibility index (Phi) is 0.929. The van der Waals surface area contributed by atoms with E-state index in [1.54, 1.807) is 0 Å². The normalized spacial score (nSPS) is 20.1. The molecule has 7 heavy (non-hydrogen) atoms. The average molecular weight is 97.1 g/mol. The van der Waals surface area contributed by atoms with Gasteiger partial charge in [0.1, 0.15) is 0 Å². The van der Waals surface area contributed by atoms with Crippen LogP contribution in [-0.2, 0) is 4.79 Å². The Morgan fingerprint density at radius 2 is 2.43 bits per heavy atom. The molecule has 2 heteroatoms. The Labute approximate surface area is 42.3 Å². The largest absolute Gasteiger partial charge is 0.297 e. The molecule has 0 aromatic carbocycles. The lowest BCUT2D eigenvalue weighted by Crippen LogP contribution is -1.94. The number of aliphatic imine (C=N–C) groups is 1. The molecule has 0 N–H and O–H groups in total. The molecule has 0 amide bonds. The summed E-state index contributed by atoms with van der Waals surface area (Å²) in [6, 6.07) is 0. The van der Waals surface area contributed by atoms with E-state index in [-0.39, 0.29) is 5.78 Å². The molecule has 0 saturated carbocycles. The monoisotopic (exact) mass is 97.1 g/mol. The van der Waals surface area contributed by atoms with Gasteiger partial charge in [-0.15, -0.1) is 0 Å². The average Bonchev–Trinajstić information content (AvgIpc) is 1.87. The molecule has 0 aromatic heterocycles. The summed E-state index contributed by atoms with van der Waals surface area (Å²) < 4.78 is 0. The Morgan fingerprint density at radius 1 is 1.71 bits per heavy atom. The lowest BCUT2D eigenvalue weighted by Gasteiger charge is -1.76. The van der Waals surface area contributed by atoms with Gasteiger partial charge in [-0.2, -0.15) is 0 Å². The van der Waals surface area contributed by atoms with E-state index < -0.39 is 0 Å². The van der Waals surface area contributed by atoms with Crippen LogP contribution in [0.4, 0.5) is 0 Å². The molecule has 1 heterocycles. The molecular weight excluding hydrogens is 90.1 g/mol. The summed E-state index contributed by atoms with van der Waals surface area (Å²) in [4.78, 5) is 14.2. The molecular formula is C5H7NO. The molecule has 2 nitrogen and oxygen atoms in total. The van der Waals surface area contributed by atoms with E-state index in [9.17, 15) is 4.79 Å². The highest BCUT2D eigenvalue weighted by Crippen LogP contribution is 1.97. The van der Waals surface area contributed by atoms with Crippen molar-refractivity contribution in [1.82, 2.24) is 0 Å². The van der Waals surface area contributed by atoms with E-state index in [1.807, 2.05) is 6.92 Å². The number of carbonyl (C=O) groups excluding carboxylic acids is 1. The van der Waals surface area contributed by atoms with Crippen molar-refractivity contribution in [1.29, 1.82) is 0 Å². The fourth-order valence-corrected chi connectivity index (χ4v) is 0.620. The lowest BCUT2D eigenvalue weighted by molar-refractivity contribution is -0.116. The van der Waals surface area contributed by atoms with Gasteiger partial charge in [0.25, 0.3) is 0 Å². The number of nitrogens with zero attached hydrogens (tertiary/aromatic N) is 1. The van der Waals surface area contributed by atoms with Crippen LogP contribution in [0, 0.1) is 0 Å². The minimum Gasteiger partial charge on any atom is -0.297 e. The summed E-state index contributed by atoms with van der Waals surface area (Å²) in [7, 11) is 0. The van der Waals surface area contributed by atoms with Gasteiger partial charge in [0.15, 0.2) is 5.78 Å². The zero-order valence-electron chi connectivity index (χ0n) is 4.27. The zero-order chi connectivity index (χ0) is 5.28. The van der Waals surface area contributed by atoms with E-state index in [4.69, 9.17) is 0 Å². The molecule has 0 aromatic rings. The Balaban J connectivity index is 2.58. The Morgan fingerprint density at radius 3 is 2.57 bits per heavy atom. The fraction of sp³-hybridized carbons (Fsp3) is 0.600. The van der Waals surface area contributed by atoms with E-state index in [0.717, 1.165) is 5.71 Å². The molecule has 0 spiro atoms. The fourth-order valence-electron chi connectivity index (χ4n) is 0.620. The third-order valence-electron chi connectivity index (χ3n) is 0.978. The second kappa shape index (κ2) is 1.45. The first-order valence-corrected chi connectivity index (χ1v) is 2.30. The topological polar surface area (TPSA) is 29.4 Å². The van der Waals surface area contributed by atoms with Crippen molar-refractivity contribution in [3.05, 3.63) is 0 Å². The molecule has 0 radical (unpaired) electrons. The van der Waals surface area contributed by atoms with Gasteiger partial charge in [-0.1, -0.05) is 0 Å². The minimum atomic E-state index is 0.248. The summed E-state index contributed by atoms with van der Waals surface area (Å²) in [5.74, 6) is 0.248. The first-order valence-electron chi connectivity index (χ1n) is 2.30. The van der Waals surface area contributed by atoms with Crippen molar-refractivity contribution in [3.8, 4) is 0 Å². The SMILES string of the molecule is CC1=NCC(=O)C1. The van der Waals surface area contributed by atoms with Gasteiger partial charge < -0.3 is 0 Å². The van der Waals surface area contributed by atoms with Crippen molar-refractivity contribution in [2.45, 2.75) is 13.3 Å². The quantitative estimate of drug-likeness (QED) is 0.430. The number of ketones is 1. The number of Topliss-reactive ketones (excluding diaryl/α,β-unsaturated/α-hetero) is 1. The Bertz CT molecular complexity index is 126. The molecule has 0 unspecified atom stereocenters. The highest BCUT2D eigenvalue weighted by Gasteiger charge is 2.08.